The number of carbonyl (C=O) groups excluding carboxylic acids is 1. The summed E-state index contributed by atoms with van der Waals surface area (Å²) in [6.07, 6.45) is 2.76. The third-order valence-corrected chi connectivity index (χ3v) is 5.01. The molecule has 0 aromatic rings. The van der Waals surface area contributed by atoms with Gasteiger partial charge in [0, 0.05) is 11.3 Å². The van der Waals surface area contributed by atoms with Gasteiger partial charge >= 0.3 is 5.97 Å². The summed E-state index contributed by atoms with van der Waals surface area (Å²) >= 11 is 0. The van der Waals surface area contributed by atoms with Crippen LogP contribution in [-0.2, 0) is 9.53 Å². The van der Waals surface area contributed by atoms with E-state index in [2.05, 4.69) is 6.92 Å². The molecule has 0 radical (unpaired) electrons. The zero-order valence-corrected chi connectivity index (χ0v) is 14.6. The van der Waals surface area contributed by atoms with Crippen molar-refractivity contribution in [2.45, 2.75) is 78.1 Å². The molecule has 0 unspecified atom stereocenters. The van der Waals surface area contributed by atoms with Crippen molar-refractivity contribution in [3.63, 3.8) is 0 Å². The second kappa shape index (κ2) is 5.34. The molecule has 0 spiro atoms. The van der Waals surface area contributed by atoms with Crippen LogP contribution in [-0.4, -0.2) is 33.5 Å². The fraction of sp³-hybridized carbons (Fsp3) is 0.833. The number of ether oxygens (including phenoxy) is 1. The molecule has 0 aromatic carbocycles. The highest BCUT2D eigenvalue weighted by Gasteiger charge is 2.53. The number of esters is 1. The first-order chi connectivity index (χ1) is 9.86. The molecular formula is C18H30O4. The Morgan fingerprint density at radius 1 is 1.41 bits per heavy atom. The molecule has 4 heteroatoms. The van der Waals surface area contributed by atoms with Crippen LogP contribution in [0.2, 0.25) is 0 Å². The Labute approximate surface area is 133 Å². The van der Waals surface area contributed by atoms with Crippen LogP contribution in [0.25, 0.3) is 0 Å². The summed E-state index contributed by atoms with van der Waals surface area (Å²) in [6.45, 7) is 11.5. The van der Waals surface area contributed by atoms with E-state index in [1.54, 1.807) is 0 Å². The fourth-order valence-corrected chi connectivity index (χ4v) is 3.87. The summed E-state index contributed by atoms with van der Waals surface area (Å²) in [5, 5.41) is 21.7. The SMILES string of the molecule is C[C@@H]1CC[C@](O)(CC(=O)OC(C)(C)C)C2=CC(C)(C)[C@@H](O)[C@H]21. The first-order valence-electron chi connectivity index (χ1n) is 8.21. The summed E-state index contributed by atoms with van der Waals surface area (Å²) in [6, 6.07) is 0. The number of carbonyl (C=O) groups is 1. The Hall–Kier alpha value is -0.870. The van der Waals surface area contributed by atoms with E-state index in [0.717, 1.165) is 12.0 Å². The lowest BCUT2D eigenvalue weighted by molar-refractivity contribution is -0.160. The number of hydrogen-bond acceptors (Lipinski definition) is 4. The molecular weight excluding hydrogens is 280 g/mol. The van der Waals surface area contributed by atoms with Gasteiger partial charge in [0.25, 0.3) is 0 Å². The third-order valence-electron chi connectivity index (χ3n) is 5.01. The molecule has 22 heavy (non-hydrogen) atoms. The maximum Gasteiger partial charge on any atom is 0.309 e. The molecule has 0 aromatic heterocycles. The second-order valence-electron chi connectivity index (χ2n) is 8.70. The first kappa shape index (κ1) is 17.5. The van der Waals surface area contributed by atoms with Gasteiger partial charge in [-0.15, -0.1) is 0 Å². The Kier molecular flexibility index (Phi) is 4.25. The molecule has 0 saturated heterocycles. The summed E-state index contributed by atoms with van der Waals surface area (Å²) in [7, 11) is 0. The molecule has 2 N–H and O–H groups in total. The topological polar surface area (TPSA) is 66.8 Å². The summed E-state index contributed by atoms with van der Waals surface area (Å²) in [5.41, 5.74) is -1.29. The summed E-state index contributed by atoms with van der Waals surface area (Å²) < 4.78 is 5.37. The van der Waals surface area contributed by atoms with E-state index in [4.69, 9.17) is 4.74 Å². The maximum atomic E-state index is 12.2. The average Bonchev–Trinajstić information content (AvgIpc) is 2.55. The number of rotatable bonds is 2. The lowest BCUT2D eigenvalue weighted by Crippen LogP contribution is -2.46. The molecule has 1 fully saturated rings. The van der Waals surface area contributed by atoms with Crippen LogP contribution in [0, 0.1) is 17.3 Å². The van der Waals surface area contributed by atoms with E-state index in [1.807, 2.05) is 40.7 Å². The van der Waals surface area contributed by atoms with Crippen LogP contribution >= 0.6 is 0 Å². The van der Waals surface area contributed by atoms with Gasteiger partial charge in [-0.3, -0.25) is 4.79 Å². The molecule has 1 saturated carbocycles. The Bertz CT molecular complexity index is 486. The lowest BCUT2D eigenvalue weighted by atomic mass is 9.67. The lowest BCUT2D eigenvalue weighted by Gasteiger charge is -2.42. The van der Waals surface area contributed by atoms with Crippen molar-refractivity contribution >= 4 is 5.97 Å². The van der Waals surface area contributed by atoms with E-state index in [0.29, 0.717) is 12.3 Å². The minimum absolute atomic E-state index is 0.0396. The van der Waals surface area contributed by atoms with E-state index < -0.39 is 17.3 Å². The number of hydrogen-bond donors (Lipinski definition) is 2. The smallest absolute Gasteiger partial charge is 0.309 e. The van der Waals surface area contributed by atoms with Gasteiger partial charge in [-0.1, -0.05) is 26.8 Å². The zero-order chi connectivity index (χ0) is 16.9. The Morgan fingerprint density at radius 2 is 2.00 bits per heavy atom. The fourth-order valence-electron chi connectivity index (χ4n) is 3.87. The molecule has 0 amide bonds. The number of aliphatic hydroxyl groups excluding tert-OH is 1. The van der Waals surface area contributed by atoms with Gasteiger partial charge < -0.3 is 14.9 Å². The van der Waals surface area contributed by atoms with Crippen LogP contribution in [0.15, 0.2) is 11.6 Å². The number of aliphatic hydroxyl groups is 2. The van der Waals surface area contributed by atoms with Crippen molar-refractivity contribution in [2.75, 3.05) is 0 Å². The molecule has 4 nitrogen and oxygen atoms in total. The molecule has 2 aliphatic rings. The molecule has 2 aliphatic carbocycles. The van der Waals surface area contributed by atoms with Crippen molar-refractivity contribution in [2.24, 2.45) is 17.3 Å². The van der Waals surface area contributed by atoms with Crippen LogP contribution in [0.4, 0.5) is 0 Å². The predicted octanol–water partition coefficient (Wildman–Crippen LogP) is 2.82. The van der Waals surface area contributed by atoms with Crippen molar-refractivity contribution < 1.29 is 19.7 Å². The Balaban J connectivity index is 2.25. The first-order valence-corrected chi connectivity index (χ1v) is 8.21. The third kappa shape index (κ3) is 3.23. The molecule has 0 bridgehead atoms. The zero-order valence-electron chi connectivity index (χ0n) is 14.6. The maximum absolute atomic E-state index is 12.2. The van der Waals surface area contributed by atoms with Crippen LogP contribution in [0.5, 0.6) is 0 Å². The van der Waals surface area contributed by atoms with Crippen LogP contribution in [0.3, 0.4) is 0 Å². The van der Waals surface area contributed by atoms with Crippen molar-refractivity contribution in [1.82, 2.24) is 0 Å². The average molecular weight is 310 g/mol. The van der Waals surface area contributed by atoms with E-state index in [-0.39, 0.29) is 23.7 Å². The number of fused-ring (bicyclic) bond motifs is 1. The monoisotopic (exact) mass is 310 g/mol. The second-order valence-corrected chi connectivity index (χ2v) is 8.70. The van der Waals surface area contributed by atoms with Gasteiger partial charge in [0.15, 0.2) is 0 Å². The van der Waals surface area contributed by atoms with Gasteiger partial charge in [0.2, 0.25) is 0 Å². The molecule has 2 rings (SSSR count). The van der Waals surface area contributed by atoms with Gasteiger partial charge in [-0.2, -0.15) is 0 Å². The van der Waals surface area contributed by atoms with Gasteiger partial charge in [0.05, 0.1) is 18.1 Å². The van der Waals surface area contributed by atoms with Gasteiger partial charge in [-0.25, -0.2) is 0 Å². The van der Waals surface area contributed by atoms with E-state index >= 15 is 0 Å². The van der Waals surface area contributed by atoms with Gasteiger partial charge in [-0.05, 0) is 45.1 Å². The highest BCUT2D eigenvalue weighted by Crippen LogP contribution is 2.53. The minimum Gasteiger partial charge on any atom is -0.460 e. The Morgan fingerprint density at radius 3 is 2.55 bits per heavy atom. The minimum atomic E-state index is -1.19. The predicted molar refractivity (Wildman–Crippen MR) is 85.2 cm³/mol. The normalized spacial score (nSPS) is 37.5. The van der Waals surface area contributed by atoms with E-state index in [9.17, 15) is 15.0 Å². The quantitative estimate of drug-likeness (QED) is 0.608. The summed E-state index contributed by atoms with van der Waals surface area (Å²) in [5.74, 6) is -0.151. The molecule has 0 heterocycles. The largest absolute Gasteiger partial charge is 0.460 e. The molecule has 4 atom stereocenters. The van der Waals surface area contributed by atoms with Gasteiger partial charge in [0.1, 0.15) is 5.60 Å². The highest BCUT2D eigenvalue weighted by atomic mass is 16.6. The van der Waals surface area contributed by atoms with Crippen molar-refractivity contribution in [1.29, 1.82) is 0 Å². The highest BCUT2D eigenvalue weighted by molar-refractivity contribution is 5.72. The molecule has 126 valence electrons. The van der Waals surface area contributed by atoms with Crippen LogP contribution < -0.4 is 0 Å². The standard InChI is InChI=1S/C18H30O4/c1-11-7-8-18(21,10-13(19)22-16(2,3)4)12-9-17(5,6)15(20)14(11)12/h9,11,14-15,20-21H,7-8,10H2,1-6H3/t11-,14+,15+,18+/m1/s1. The van der Waals surface area contributed by atoms with E-state index in [1.165, 1.54) is 0 Å². The summed E-state index contributed by atoms with van der Waals surface area (Å²) in [4.78, 5) is 12.2. The van der Waals surface area contributed by atoms with Crippen molar-refractivity contribution in [3.05, 3.63) is 11.6 Å². The van der Waals surface area contributed by atoms with Crippen molar-refractivity contribution in [3.8, 4) is 0 Å². The molecule has 0 aliphatic heterocycles. The van der Waals surface area contributed by atoms with Crippen LogP contribution in [0.1, 0.15) is 60.8 Å².